The van der Waals surface area contributed by atoms with Gasteiger partial charge in [-0.3, -0.25) is 9.36 Å². The van der Waals surface area contributed by atoms with Gasteiger partial charge in [0.05, 0.1) is 17.1 Å². The molecule has 2 aliphatic rings. The van der Waals surface area contributed by atoms with E-state index in [9.17, 15) is 5.11 Å². The van der Waals surface area contributed by atoms with Gasteiger partial charge in [-0.1, -0.05) is 0 Å². The predicted octanol–water partition coefficient (Wildman–Crippen LogP) is 2.63. The monoisotopic (exact) mass is 430 g/mol. The van der Waals surface area contributed by atoms with E-state index in [1.165, 1.54) is 6.33 Å². The largest absolute Gasteiger partial charge is 0.508 e. The molecular weight excluding hydrogens is 408 g/mol. The van der Waals surface area contributed by atoms with Crippen molar-refractivity contribution in [2.24, 2.45) is 14.1 Å². The minimum atomic E-state index is -0.412. The molecule has 10 heteroatoms. The maximum Gasteiger partial charge on any atom is 0.226 e. The van der Waals surface area contributed by atoms with Crippen molar-refractivity contribution in [1.29, 1.82) is 0 Å². The Labute approximate surface area is 183 Å². The highest BCUT2D eigenvalue weighted by Crippen LogP contribution is 2.51. The van der Waals surface area contributed by atoms with E-state index in [4.69, 9.17) is 4.74 Å². The Kier molecular flexibility index (Phi) is 3.77. The molecule has 2 atom stereocenters. The number of anilines is 1. The second-order valence-electron chi connectivity index (χ2n) is 8.25. The van der Waals surface area contributed by atoms with Crippen LogP contribution in [0.1, 0.15) is 40.2 Å². The van der Waals surface area contributed by atoms with Crippen LogP contribution in [0.2, 0.25) is 0 Å². The zero-order valence-electron chi connectivity index (χ0n) is 18.1. The molecular formula is C22H22N8O2. The molecule has 0 unspecified atom stereocenters. The highest BCUT2D eigenvalue weighted by molar-refractivity contribution is 5.85. The summed E-state index contributed by atoms with van der Waals surface area (Å²) >= 11 is 0. The van der Waals surface area contributed by atoms with Crippen molar-refractivity contribution in [2.45, 2.75) is 26.0 Å². The summed E-state index contributed by atoms with van der Waals surface area (Å²) in [6, 6.07) is 4.84. The van der Waals surface area contributed by atoms with E-state index >= 15 is 0 Å². The standard InChI is InChI=1S/C22H22N8O2/c1-11-15(8-28(3)26-11)20-18-19(25-22-23-10-24-30(20)22)14-7-13(31)5-6-17(14)32-21(18)16-9-29(4)27-12(16)2/h5-10,20-21,31H,1-4H3,(H,23,24,25)/t20-,21-/m1/s1. The van der Waals surface area contributed by atoms with E-state index in [-0.39, 0.29) is 11.8 Å². The van der Waals surface area contributed by atoms with E-state index in [0.717, 1.165) is 39.3 Å². The molecule has 5 heterocycles. The number of ether oxygens (including phenoxy) is 1. The van der Waals surface area contributed by atoms with Gasteiger partial charge in [0.1, 0.15) is 23.9 Å². The van der Waals surface area contributed by atoms with Crippen LogP contribution >= 0.6 is 0 Å². The van der Waals surface area contributed by atoms with Crippen molar-refractivity contribution in [3.05, 3.63) is 70.6 Å². The van der Waals surface area contributed by atoms with Crippen LogP contribution in [0.3, 0.4) is 0 Å². The molecule has 4 aromatic rings. The van der Waals surface area contributed by atoms with Gasteiger partial charge >= 0.3 is 0 Å². The third-order valence-electron chi connectivity index (χ3n) is 6.08. The normalized spacial score (nSPS) is 19.1. The summed E-state index contributed by atoms with van der Waals surface area (Å²) in [5, 5.41) is 27.3. The SMILES string of the molecule is Cc1nn(C)cc1[C@H]1Oc2ccc(O)cc2C2=C1[C@@H](c1cn(C)nc1C)n1ncnc1N2. The summed E-state index contributed by atoms with van der Waals surface area (Å²) in [5.41, 5.74) is 6.35. The number of fused-ring (bicyclic) bond motifs is 3. The number of benzene rings is 1. The van der Waals surface area contributed by atoms with Crippen molar-refractivity contribution in [1.82, 2.24) is 34.3 Å². The fourth-order valence-electron chi connectivity index (χ4n) is 4.78. The fraction of sp³-hybridized carbons (Fsp3) is 0.273. The van der Waals surface area contributed by atoms with Crippen LogP contribution < -0.4 is 10.1 Å². The number of nitrogens with one attached hydrogen (secondary N) is 1. The summed E-state index contributed by atoms with van der Waals surface area (Å²) in [4.78, 5) is 4.43. The van der Waals surface area contributed by atoms with E-state index in [0.29, 0.717) is 11.7 Å². The third-order valence-corrected chi connectivity index (χ3v) is 6.08. The molecule has 0 fully saturated rings. The summed E-state index contributed by atoms with van der Waals surface area (Å²) in [6.07, 6.45) is 5.12. The Morgan fingerprint density at radius 2 is 1.75 bits per heavy atom. The van der Waals surface area contributed by atoms with Crippen LogP contribution in [0.15, 0.2) is 42.5 Å². The molecule has 0 aliphatic carbocycles. The van der Waals surface area contributed by atoms with Crippen LogP contribution in [0.25, 0.3) is 5.70 Å². The zero-order valence-corrected chi connectivity index (χ0v) is 18.1. The highest BCUT2D eigenvalue weighted by atomic mass is 16.5. The Bertz CT molecular complexity index is 1410. The Hall–Kier alpha value is -4.08. The number of aryl methyl sites for hydroxylation is 4. The summed E-state index contributed by atoms with van der Waals surface area (Å²) in [5.74, 6) is 1.46. The number of aromatic hydroxyl groups is 1. The summed E-state index contributed by atoms with van der Waals surface area (Å²) in [6.45, 7) is 3.97. The number of hydrogen-bond donors (Lipinski definition) is 2. The number of phenolic OH excluding ortho intramolecular Hbond substituents is 1. The van der Waals surface area contributed by atoms with Crippen LogP contribution in [0.4, 0.5) is 5.95 Å². The van der Waals surface area contributed by atoms with Crippen molar-refractivity contribution in [3.8, 4) is 11.5 Å². The molecule has 0 saturated carbocycles. The molecule has 2 aliphatic heterocycles. The lowest BCUT2D eigenvalue weighted by molar-refractivity contribution is 0.222. The van der Waals surface area contributed by atoms with Crippen LogP contribution in [0, 0.1) is 13.8 Å². The van der Waals surface area contributed by atoms with Crippen molar-refractivity contribution in [3.63, 3.8) is 0 Å². The lowest BCUT2D eigenvalue weighted by Crippen LogP contribution is -2.32. The Balaban J connectivity index is 1.67. The average Bonchev–Trinajstić information content (AvgIpc) is 3.44. The number of aromatic nitrogens is 7. The van der Waals surface area contributed by atoms with Gasteiger partial charge in [0.2, 0.25) is 5.95 Å². The van der Waals surface area contributed by atoms with Gasteiger partial charge in [-0.25, -0.2) is 4.68 Å². The second-order valence-corrected chi connectivity index (χ2v) is 8.25. The maximum atomic E-state index is 10.2. The number of hydrogen-bond acceptors (Lipinski definition) is 7. The fourth-order valence-corrected chi connectivity index (χ4v) is 4.78. The molecule has 162 valence electrons. The first kappa shape index (κ1) is 18.7. The molecule has 3 aromatic heterocycles. The molecule has 1 aromatic carbocycles. The van der Waals surface area contributed by atoms with Crippen molar-refractivity contribution in [2.75, 3.05) is 5.32 Å². The van der Waals surface area contributed by atoms with Crippen LogP contribution in [-0.2, 0) is 14.1 Å². The minimum absolute atomic E-state index is 0.165. The average molecular weight is 430 g/mol. The lowest BCUT2D eigenvalue weighted by Gasteiger charge is -2.38. The predicted molar refractivity (Wildman–Crippen MR) is 116 cm³/mol. The van der Waals surface area contributed by atoms with Crippen LogP contribution in [0.5, 0.6) is 11.5 Å². The molecule has 2 N–H and O–H groups in total. The second kappa shape index (κ2) is 6.46. The first-order chi connectivity index (χ1) is 15.4. The number of rotatable bonds is 2. The van der Waals surface area contributed by atoms with Gasteiger partial charge in [-0.05, 0) is 32.0 Å². The van der Waals surface area contributed by atoms with Gasteiger partial charge in [-0.15, -0.1) is 0 Å². The lowest BCUT2D eigenvalue weighted by atomic mass is 9.85. The van der Waals surface area contributed by atoms with E-state index in [1.807, 2.05) is 45.0 Å². The maximum absolute atomic E-state index is 10.2. The molecule has 0 amide bonds. The highest BCUT2D eigenvalue weighted by Gasteiger charge is 2.43. The molecule has 0 radical (unpaired) electrons. The minimum Gasteiger partial charge on any atom is -0.508 e. The Morgan fingerprint density at radius 3 is 2.44 bits per heavy atom. The van der Waals surface area contributed by atoms with Gasteiger partial charge in [-0.2, -0.15) is 20.3 Å². The van der Waals surface area contributed by atoms with Gasteiger partial charge in [0, 0.05) is 48.8 Å². The first-order valence-corrected chi connectivity index (χ1v) is 10.3. The van der Waals surface area contributed by atoms with E-state index < -0.39 is 6.10 Å². The number of nitrogens with zero attached hydrogens (tertiary/aromatic N) is 7. The molecule has 6 rings (SSSR count). The molecule has 10 nitrogen and oxygen atoms in total. The molecule has 0 saturated heterocycles. The molecule has 0 spiro atoms. The van der Waals surface area contributed by atoms with E-state index in [1.54, 1.807) is 27.6 Å². The molecule has 0 bridgehead atoms. The smallest absolute Gasteiger partial charge is 0.226 e. The summed E-state index contributed by atoms with van der Waals surface area (Å²) < 4.78 is 12.0. The summed E-state index contributed by atoms with van der Waals surface area (Å²) in [7, 11) is 3.81. The first-order valence-electron chi connectivity index (χ1n) is 10.3. The Morgan fingerprint density at radius 1 is 1.03 bits per heavy atom. The van der Waals surface area contributed by atoms with Gasteiger partial charge < -0.3 is 15.2 Å². The number of phenols is 1. The third kappa shape index (κ3) is 2.58. The van der Waals surface area contributed by atoms with Crippen molar-refractivity contribution >= 4 is 11.6 Å². The van der Waals surface area contributed by atoms with Gasteiger partial charge in [0.15, 0.2) is 6.10 Å². The van der Waals surface area contributed by atoms with E-state index in [2.05, 4.69) is 25.6 Å². The van der Waals surface area contributed by atoms with Crippen molar-refractivity contribution < 1.29 is 9.84 Å². The topological polar surface area (TPSA) is 108 Å². The zero-order chi connectivity index (χ0) is 22.1. The molecule has 32 heavy (non-hydrogen) atoms. The van der Waals surface area contributed by atoms with Crippen LogP contribution in [-0.4, -0.2) is 39.4 Å². The quantitative estimate of drug-likeness (QED) is 0.503. The van der Waals surface area contributed by atoms with Gasteiger partial charge in [0.25, 0.3) is 0 Å².